The summed E-state index contributed by atoms with van der Waals surface area (Å²) in [4.78, 5) is 34.8. The maximum Gasteiger partial charge on any atom is 0.271 e. The fourth-order valence-corrected chi connectivity index (χ4v) is 2.45. The Hall–Kier alpha value is -3.82. The van der Waals surface area contributed by atoms with Crippen LogP contribution in [-0.4, -0.2) is 44.6 Å². The Balaban J connectivity index is 1.96. The van der Waals surface area contributed by atoms with Crippen molar-refractivity contribution < 1.29 is 28.7 Å². The minimum Gasteiger partial charge on any atom is -0.497 e. The predicted molar refractivity (Wildman–Crippen MR) is 105 cm³/mol. The van der Waals surface area contributed by atoms with Gasteiger partial charge >= 0.3 is 0 Å². The summed E-state index contributed by atoms with van der Waals surface area (Å²) < 4.78 is 15.3. The van der Waals surface area contributed by atoms with Crippen LogP contribution in [0.1, 0.15) is 16.8 Å². The number of non-ortho nitro benzene ring substituents is 1. The number of hydrogen-bond donors (Lipinski definition) is 2. The fraction of sp³-hybridized carbons (Fsp3) is 0.263. The van der Waals surface area contributed by atoms with Gasteiger partial charge in [-0.05, 0) is 18.2 Å². The van der Waals surface area contributed by atoms with E-state index < -0.39 is 16.7 Å². The van der Waals surface area contributed by atoms with Crippen LogP contribution in [0, 0.1) is 10.1 Å². The van der Waals surface area contributed by atoms with E-state index in [9.17, 15) is 19.7 Å². The van der Waals surface area contributed by atoms with E-state index in [4.69, 9.17) is 14.2 Å². The maximum absolute atomic E-state index is 12.3. The lowest BCUT2D eigenvalue weighted by Gasteiger charge is -2.11. The minimum absolute atomic E-state index is 0.0430. The number of ether oxygens (including phenoxy) is 3. The molecule has 0 spiro atoms. The molecule has 10 heteroatoms. The molecule has 0 aliphatic heterocycles. The highest BCUT2D eigenvalue weighted by Crippen LogP contribution is 2.29. The van der Waals surface area contributed by atoms with E-state index in [1.807, 2.05) is 0 Å². The SMILES string of the molecule is COc1cc(OC)cc(C(=O)NCCC(=O)Nc2cc([N+](=O)[O-])ccc2OC)c1. The largest absolute Gasteiger partial charge is 0.497 e. The Labute approximate surface area is 166 Å². The van der Waals surface area contributed by atoms with E-state index in [2.05, 4.69) is 10.6 Å². The number of nitro groups is 1. The van der Waals surface area contributed by atoms with Crippen LogP contribution in [0.25, 0.3) is 0 Å². The molecule has 0 radical (unpaired) electrons. The summed E-state index contributed by atoms with van der Waals surface area (Å²) in [6.45, 7) is 0.0570. The molecule has 0 saturated carbocycles. The number of anilines is 1. The first-order valence-corrected chi connectivity index (χ1v) is 8.51. The molecule has 10 nitrogen and oxygen atoms in total. The number of carbonyl (C=O) groups is 2. The summed E-state index contributed by atoms with van der Waals surface area (Å²) in [5, 5.41) is 16.1. The van der Waals surface area contributed by atoms with E-state index in [1.54, 1.807) is 18.2 Å². The van der Waals surface area contributed by atoms with Crippen molar-refractivity contribution >= 4 is 23.2 Å². The van der Waals surface area contributed by atoms with E-state index in [1.165, 1.54) is 39.5 Å². The highest BCUT2D eigenvalue weighted by Gasteiger charge is 2.14. The molecule has 154 valence electrons. The molecule has 0 bridgehead atoms. The van der Waals surface area contributed by atoms with E-state index in [0.29, 0.717) is 17.1 Å². The Kier molecular flexibility index (Phi) is 7.35. The second kappa shape index (κ2) is 9.93. The molecule has 2 aromatic rings. The Morgan fingerprint density at radius 3 is 2.21 bits per heavy atom. The van der Waals surface area contributed by atoms with Crippen molar-refractivity contribution in [3.63, 3.8) is 0 Å². The zero-order valence-electron chi connectivity index (χ0n) is 16.2. The molecule has 2 aromatic carbocycles. The molecule has 0 aliphatic rings. The average Bonchev–Trinajstić information content (AvgIpc) is 2.72. The van der Waals surface area contributed by atoms with Crippen molar-refractivity contribution in [3.05, 3.63) is 52.1 Å². The summed E-state index contributed by atoms with van der Waals surface area (Å²) in [7, 11) is 4.34. The van der Waals surface area contributed by atoms with E-state index in [-0.39, 0.29) is 30.1 Å². The van der Waals surface area contributed by atoms with Crippen molar-refractivity contribution in [3.8, 4) is 17.2 Å². The quantitative estimate of drug-likeness (QED) is 0.486. The van der Waals surface area contributed by atoms with Gasteiger partial charge in [0.25, 0.3) is 11.6 Å². The lowest BCUT2D eigenvalue weighted by atomic mass is 10.2. The van der Waals surface area contributed by atoms with Gasteiger partial charge in [-0.1, -0.05) is 0 Å². The minimum atomic E-state index is -0.572. The number of amides is 2. The van der Waals surface area contributed by atoms with Crippen LogP contribution >= 0.6 is 0 Å². The summed E-state index contributed by atoms with van der Waals surface area (Å²) in [6.07, 6.45) is -0.0430. The van der Waals surface area contributed by atoms with Crippen LogP contribution in [-0.2, 0) is 4.79 Å². The second-order valence-electron chi connectivity index (χ2n) is 5.80. The van der Waals surface area contributed by atoms with Crippen LogP contribution in [0.4, 0.5) is 11.4 Å². The summed E-state index contributed by atoms with van der Waals surface area (Å²) in [5.41, 5.74) is 0.318. The first-order valence-electron chi connectivity index (χ1n) is 8.51. The molecule has 0 unspecified atom stereocenters. The molecule has 29 heavy (non-hydrogen) atoms. The number of nitrogens with one attached hydrogen (secondary N) is 2. The molecular formula is C19H21N3O7. The predicted octanol–water partition coefficient (Wildman–Crippen LogP) is 2.38. The van der Waals surface area contributed by atoms with Gasteiger partial charge in [0.2, 0.25) is 5.91 Å². The van der Waals surface area contributed by atoms with E-state index >= 15 is 0 Å². The number of rotatable bonds is 9. The van der Waals surface area contributed by atoms with Gasteiger partial charge in [-0.2, -0.15) is 0 Å². The molecule has 0 saturated heterocycles. The van der Waals surface area contributed by atoms with Crippen LogP contribution in [0.15, 0.2) is 36.4 Å². The number of carbonyl (C=O) groups excluding carboxylic acids is 2. The summed E-state index contributed by atoms with van der Waals surface area (Å²) >= 11 is 0. The number of nitro benzene ring substituents is 1. The lowest BCUT2D eigenvalue weighted by Crippen LogP contribution is -2.27. The van der Waals surface area contributed by atoms with Crippen molar-refractivity contribution in [2.75, 3.05) is 33.2 Å². The first-order chi connectivity index (χ1) is 13.9. The van der Waals surface area contributed by atoms with Gasteiger partial charge in [-0.25, -0.2) is 0 Å². The molecule has 0 atom stereocenters. The number of hydrogen-bond acceptors (Lipinski definition) is 7. The number of nitrogens with zero attached hydrogens (tertiary/aromatic N) is 1. The molecule has 0 heterocycles. The molecule has 2 amide bonds. The van der Waals surface area contributed by atoms with Gasteiger partial charge in [0, 0.05) is 36.7 Å². The third-order valence-electron chi connectivity index (χ3n) is 3.92. The van der Waals surface area contributed by atoms with Gasteiger partial charge < -0.3 is 24.8 Å². The van der Waals surface area contributed by atoms with Crippen LogP contribution in [0.3, 0.4) is 0 Å². The monoisotopic (exact) mass is 403 g/mol. The topological polar surface area (TPSA) is 129 Å². The second-order valence-corrected chi connectivity index (χ2v) is 5.80. The maximum atomic E-state index is 12.3. The third kappa shape index (κ3) is 5.83. The highest BCUT2D eigenvalue weighted by atomic mass is 16.6. The first kappa shape index (κ1) is 21.5. The lowest BCUT2D eigenvalue weighted by molar-refractivity contribution is -0.384. The van der Waals surface area contributed by atoms with Gasteiger partial charge in [-0.3, -0.25) is 19.7 Å². The molecule has 0 aliphatic carbocycles. The zero-order valence-corrected chi connectivity index (χ0v) is 16.2. The van der Waals surface area contributed by atoms with Crippen LogP contribution in [0.5, 0.6) is 17.2 Å². The van der Waals surface area contributed by atoms with Gasteiger partial charge in [0.15, 0.2) is 0 Å². The highest BCUT2D eigenvalue weighted by molar-refractivity contribution is 5.96. The molecule has 0 fully saturated rings. The van der Waals surface area contributed by atoms with Gasteiger partial charge in [-0.15, -0.1) is 0 Å². The molecule has 0 aromatic heterocycles. The molecular weight excluding hydrogens is 382 g/mol. The smallest absolute Gasteiger partial charge is 0.271 e. The number of benzene rings is 2. The van der Waals surface area contributed by atoms with Crippen molar-refractivity contribution in [2.45, 2.75) is 6.42 Å². The number of methoxy groups -OCH3 is 3. The van der Waals surface area contributed by atoms with E-state index in [0.717, 1.165) is 0 Å². The Bertz CT molecular complexity index is 892. The fourth-order valence-electron chi connectivity index (χ4n) is 2.45. The Morgan fingerprint density at radius 2 is 1.66 bits per heavy atom. The average molecular weight is 403 g/mol. The van der Waals surface area contributed by atoms with Crippen LogP contribution < -0.4 is 24.8 Å². The third-order valence-corrected chi connectivity index (χ3v) is 3.92. The van der Waals surface area contributed by atoms with Gasteiger partial charge in [0.1, 0.15) is 17.2 Å². The van der Waals surface area contributed by atoms with Crippen LogP contribution in [0.2, 0.25) is 0 Å². The summed E-state index contributed by atoms with van der Waals surface area (Å²) in [6, 6.07) is 8.61. The standard InChI is InChI=1S/C19H21N3O7/c1-27-14-8-12(9-15(11-14)28-2)19(24)20-7-6-18(23)21-16-10-13(22(25)26)4-5-17(16)29-3/h4-5,8-11H,6-7H2,1-3H3,(H,20,24)(H,21,23). The normalized spacial score (nSPS) is 10.0. The van der Waals surface area contributed by atoms with Gasteiger partial charge in [0.05, 0.1) is 31.9 Å². The zero-order chi connectivity index (χ0) is 21.4. The van der Waals surface area contributed by atoms with Crippen molar-refractivity contribution in [1.82, 2.24) is 5.32 Å². The molecule has 2 N–H and O–H groups in total. The van der Waals surface area contributed by atoms with Crippen molar-refractivity contribution in [2.24, 2.45) is 0 Å². The van der Waals surface area contributed by atoms with Crippen molar-refractivity contribution in [1.29, 1.82) is 0 Å². The molecule has 2 rings (SSSR count). The summed E-state index contributed by atoms with van der Waals surface area (Å²) in [5.74, 6) is 0.377. The Morgan fingerprint density at radius 1 is 1.00 bits per heavy atom.